The van der Waals surface area contributed by atoms with Gasteiger partial charge in [-0.25, -0.2) is 0 Å². The molecule has 1 fully saturated rings. The van der Waals surface area contributed by atoms with Gasteiger partial charge in [0.1, 0.15) is 5.78 Å². The average molecular weight is 150 g/mol. The maximum atomic E-state index is 11.2. The predicted molar refractivity (Wildman–Crippen MR) is 44.2 cm³/mol. The molecule has 1 nitrogen and oxygen atoms in total. The molecule has 0 unspecified atom stereocenters. The van der Waals surface area contributed by atoms with Gasteiger partial charge in [0.05, 0.1) is 0 Å². The first-order valence-electron chi connectivity index (χ1n) is 4.49. The van der Waals surface area contributed by atoms with E-state index in [9.17, 15) is 4.79 Å². The summed E-state index contributed by atoms with van der Waals surface area (Å²) in [5.41, 5.74) is 1.57. The Balaban J connectivity index is 2.20. The van der Waals surface area contributed by atoms with Crippen molar-refractivity contribution in [1.82, 2.24) is 0 Å². The van der Waals surface area contributed by atoms with Crippen LogP contribution in [-0.2, 0) is 4.79 Å². The number of fused-ring (bicyclic) bond motifs is 1. The van der Waals surface area contributed by atoms with Crippen LogP contribution < -0.4 is 0 Å². The second kappa shape index (κ2) is 2.47. The molecule has 11 heavy (non-hydrogen) atoms. The van der Waals surface area contributed by atoms with E-state index in [1.165, 1.54) is 12.8 Å². The first kappa shape index (κ1) is 7.08. The van der Waals surface area contributed by atoms with E-state index in [4.69, 9.17) is 0 Å². The van der Waals surface area contributed by atoms with Gasteiger partial charge in [-0.15, -0.1) is 0 Å². The van der Waals surface area contributed by atoms with Gasteiger partial charge in [-0.3, -0.25) is 4.79 Å². The summed E-state index contributed by atoms with van der Waals surface area (Å²) < 4.78 is 0. The van der Waals surface area contributed by atoms with Gasteiger partial charge in [0.15, 0.2) is 0 Å². The van der Waals surface area contributed by atoms with Crippen LogP contribution in [0.1, 0.15) is 32.6 Å². The van der Waals surface area contributed by atoms with Crippen molar-refractivity contribution in [3.05, 3.63) is 11.6 Å². The molecule has 0 aliphatic heterocycles. The maximum absolute atomic E-state index is 11.2. The quantitative estimate of drug-likeness (QED) is 0.484. The highest BCUT2D eigenvalue weighted by Crippen LogP contribution is 2.39. The van der Waals surface area contributed by atoms with Crippen molar-refractivity contribution in [1.29, 1.82) is 0 Å². The number of allylic oxidation sites excluding steroid dienone is 2. The van der Waals surface area contributed by atoms with Gasteiger partial charge in [0.2, 0.25) is 0 Å². The number of hydrogen-bond acceptors (Lipinski definition) is 1. The average Bonchev–Trinajstić information content (AvgIpc) is 2.34. The van der Waals surface area contributed by atoms with Gasteiger partial charge in [-0.05, 0) is 24.7 Å². The summed E-state index contributed by atoms with van der Waals surface area (Å²) >= 11 is 0. The molecule has 0 N–H and O–H groups in total. The van der Waals surface area contributed by atoms with Gasteiger partial charge in [0.25, 0.3) is 0 Å². The monoisotopic (exact) mass is 150 g/mol. The molecule has 1 saturated carbocycles. The number of hydrogen-bond donors (Lipinski definition) is 0. The summed E-state index contributed by atoms with van der Waals surface area (Å²) in [5, 5.41) is 0. The number of carbonyl (C=O) groups excluding carboxylic acids is 1. The molecule has 0 bridgehead atoms. The Kier molecular flexibility index (Phi) is 1.59. The third kappa shape index (κ3) is 1.13. The molecule has 0 saturated heterocycles. The summed E-state index contributed by atoms with van der Waals surface area (Å²) in [6, 6.07) is 0. The van der Waals surface area contributed by atoms with Crippen molar-refractivity contribution in [2.45, 2.75) is 32.6 Å². The van der Waals surface area contributed by atoms with Crippen LogP contribution in [0.25, 0.3) is 0 Å². The molecule has 0 spiro atoms. The molecule has 2 atom stereocenters. The normalized spacial score (nSPS) is 36.8. The van der Waals surface area contributed by atoms with Crippen molar-refractivity contribution in [2.75, 3.05) is 0 Å². The zero-order valence-electron chi connectivity index (χ0n) is 6.97. The lowest BCUT2D eigenvalue weighted by atomic mass is 9.79. The first-order valence-corrected chi connectivity index (χ1v) is 4.49. The molecule has 60 valence electrons. The molecular weight excluding hydrogens is 136 g/mol. The summed E-state index contributed by atoms with van der Waals surface area (Å²) in [6.45, 7) is 2.18. The Morgan fingerprint density at radius 1 is 1.45 bits per heavy atom. The van der Waals surface area contributed by atoms with Crippen LogP contribution in [-0.4, -0.2) is 5.78 Å². The van der Waals surface area contributed by atoms with Crippen LogP contribution in [0, 0.1) is 11.8 Å². The third-order valence-corrected chi connectivity index (χ3v) is 2.94. The lowest BCUT2D eigenvalue weighted by molar-refractivity contribution is -0.121. The highest BCUT2D eigenvalue weighted by Gasteiger charge is 2.31. The van der Waals surface area contributed by atoms with E-state index in [0.717, 1.165) is 12.8 Å². The van der Waals surface area contributed by atoms with E-state index in [1.807, 2.05) is 0 Å². The summed E-state index contributed by atoms with van der Waals surface area (Å²) in [6.07, 6.45) is 6.41. The Morgan fingerprint density at radius 2 is 2.27 bits per heavy atom. The molecule has 0 heterocycles. The standard InChI is InChI=1S/C10H14O/c1-7-5-9(11)6-8-3-2-4-10(7)8/h4,7-8H,2-3,5-6H2,1H3/t7-,8+/m1/s1. The largest absolute Gasteiger partial charge is 0.300 e. The molecule has 0 aromatic rings. The van der Waals surface area contributed by atoms with Crippen LogP contribution in [0.5, 0.6) is 0 Å². The molecule has 0 aromatic heterocycles. The highest BCUT2D eigenvalue weighted by atomic mass is 16.1. The van der Waals surface area contributed by atoms with E-state index >= 15 is 0 Å². The fourth-order valence-corrected chi connectivity index (χ4v) is 2.43. The van der Waals surface area contributed by atoms with Crippen LogP contribution in [0.2, 0.25) is 0 Å². The van der Waals surface area contributed by atoms with Gasteiger partial charge in [-0.2, -0.15) is 0 Å². The summed E-state index contributed by atoms with van der Waals surface area (Å²) in [4.78, 5) is 11.2. The number of carbonyl (C=O) groups is 1. The Hall–Kier alpha value is -0.590. The number of ketones is 1. The van der Waals surface area contributed by atoms with Gasteiger partial charge >= 0.3 is 0 Å². The van der Waals surface area contributed by atoms with E-state index in [1.54, 1.807) is 5.57 Å². The Bertz CT molecular complexity index is 215. The fraction of sp³-hybridized carbons (Fsp3) is 0.700. The zero-order valence-corrected chi connectivity index (χ0v) is 6.97. The van der Waals surface area contributed by atoms with E-state index in [-0.39, 0.29) is 0 Å². The number of Topliss-reactive ketones (excluding diaryl/α,β-unsaturated/α-hetero) is 1. The van der Waals surface area contributed by atoms with Crippen molar-refractivity contribution < 1.29 is 4.79 Å². The highest BCUT2D eigenvalue weighted by molar-refractivity contribution is 5.81. The van der Waals surface area contributed by atoms with Gasteiger partial charge in [0, 0.05) is 12.8 Å². The minimum atomic E-state index is 0.474. The van der Waals surface area contributed by atoms with Crippen LogP contribution in [0.15, 0.2) is 11.6 Å². The minimum absolute atomic E-state index is 0.474. The van der Waals surface area contributed by atoms with Crippen molar-refractivity contribution >= 4 is 5.78 Å². The number of rotatable bonds is 0. The molecule has 0 amide bonds. The molecule has 1 heteroatoms. The molecule has 2 aliphatic rings. The second-order valence-electron chi connectivity index (χ2n) is 3.83. The molecule has 0 radical (unpaired) electrons. The minimum Gasteiger partial charge on any atom is -0.300 e. The van der Waals surface area contributed by atoms with Crippen LogP contribution >= 0.6 is 0 Å². The zero-order chi connectivity index (χ0) is 7.84. The molecule has 0 aromatic carbocycles. The van der Waals surface area contributed by atoms with Gasteiger partial charge in [-0.1, -0.05) is 18.6 Å². The Morgan fingerprint density at radius 3 is 3.09 bits per heavy atom. The Labute approximate surface area is 67.5 Å². The smallest absolute Gasteiger partial charge is 0.134 e. The lowest BCUT2D eigenvalue weighted by Crippen LogP contribution is -2.21. The van der Waals surface area contributed by atoms with Crippen molar-refractivity contribution in [3.63, 3.8) is 0 Å². The fourth-order valence-electron chi connectivity index (χ4n) is 2.43. The third-order valence-electron chi connectivity index (χ3n) is 2.94. The summed E-state index contributed by atoms with van der Waals surface area (Å²) in [5.74, 6) is 1.65. The maximum Gasteiger partial charge on any atom is 0.134 e. The van der Waals surface area contributed by atoms with Crippen molar-refractivity contribution in [2.24, 2.45) is 11.8 Å². The molecule has 2 aliphatic carbocycles. The van der Waals surface area contributed by atoms with Crippen LogP contribution in [0.3, 0.4) is 0 Å². The SMILES string of the molecule is C[C@@H]1CC(=O)C[C@@H]2CCC=C21. The van der Waals surface area contributed by atoms with E-state index in [0.29, 0.717) is 17.6 Å². The first-order chi connectivity index (χ1) is 5.27. The topological polar surface area (TPSA) is 17.1 Å². The van der Waals surface area contributed by atoms with Crippen molar-refractivity contribution in [3.8, 4) is 0 Å². The van der Waals surface area contributed by atoms with E-state index < -0.39 is 0 Å². The lowest BCUT2D eigenvalue weighted by Gasteiger charge is -2.25. The molecular formula is C10H14O. The van der Waals surface area contributed by atoms with Gasteiger partial charge < -0.3 is 0 Å². The molecule has 2 rings (SSSR count). The summed E-state index contributed by atoms with van der Waals surface area (Å²) in [7, 11) is 0. The second-order valence-corrected chi connectivity index (χ2v) is 3.83. The predicted octanol–water partition coefficient (Wildman–Crippen LogP) is 2.32. The van der Waals surface area contributed by atoms with Crippen LogP contribution in [0.4, 0.5) is 0 Å². The van der Waals surface area contributed by atoms with E-state index in [2.05, 4.69) is 13.0 Å².